The minimum absolute atomic E-state index is 0.312. The lowest BCUT2D eigenvalue weighted by molar-refractivity contribution is 0.0701. The van der Waals surface area contributed by atoms with Crippen molar-refractivity contribution in [3.8, 4) is 10.6 Å². The molecule has 1 aromatic heterocycles. The van der Waals surface area contributed by atoms with Crippen LogP contribution >= 0.6 is 23.1 Å². The normalized spacial score (nSPS) is 10.6. The Labute approximate surface area is 132 Å². The highest BCUT2D eigenvalue weighted by atomic mass is 32.2. The van der Waals surface area contributed by atoms with Gasteiger partial charge in [-0.15, -0.1) is 11.3 Å². The molecule has 0 saturated carbocycles. The maximum absolute atomic E-state index is 11.1. The van der Waals surface area contributed by atoms with E-state index in [9.17, 15) is 4.79 Å². The number of thioether (sulfide) groups is 1. The molecule has 0 aliphatic carbocycles. The molecule has 0 fully saturated rings. The summed E-state index contributed by atoms with van der Waals surface area (Å²) in [6, 6.07) is 8.11. The van der Waals surface area contributed by atoms with E-state index in [1.165, 1.54) is 16.9 Å². The quantitative estimate of drug-likeness (QED) is 0.789. The molecule has 0 radical (unpaired) electrons. The molecule has 0 spiro atoms. The van der Waals surface area contributed by atoms with Crippen molar-refractivity contribution in [3.63, 3.8) is 0 Å². The first-order valence-electron chi connectivity index (χ1n) is 6.49. The zero-order chi connectivity index (χ0) is 15.4. The van der Waals surface area contributed by atoms with Crippen LogP contribution in [0.15, 0.2) is 36.4 Å². The number of hydrogen-bond donors (Lipinski definition) is 1. The molecule has 1 heterocycles. The summed E-state index contributed by atoms with van der Waals surface area (Å²) in [7, 11) is 0. The Hall–Kier alpha value is -1.59. The zero-order valence-electron chi connectivity index (χ0n) is 12.0. The van der Waals surface area contributed by atoms with Gasteiger partial charge in [0, 0.05) is 17.1 Å². The van der Waals surface area contributed by atoms with Crippen LogP contribution in [0.3, 0.4) is 0 Å². The van der Waals surface area contributed by atoms with Crippen LogP contribution < -0.4 is 0 Å². The van der Waals surface area contributed by atoms with Crippen molar-refractivity contribution >= 4 is 29.1 Å². The highest BCUT2D eigenvalue weighted by Crippen LogP contribution is 2.29. The Kier molecular flexibility index (Phi) is 5.20. The van der Waals surface area contributed by atoms with Crippen molar-refractivity contribution in [2.75, 3.05) is 5.75 Å². The van der Waals surface area contributed by atoms with Gasteiger partial charge in [0.1, 0.15) is 9.88 Å². The number of carboxylic acid groups (broad SMARTS) is 1. The molecule has 0 aliphatic heterocycles. The Morgan fingerprint density at radius 1 is 1.48 bits per heavy atom. The van der Waals surface area contributed by atoms with Gasteiger partial charge in [0.25, 0.3) is 0 Å². The standard InChI is InChI=1S/C16H17NO2S2/c1-10(2)8-20-9-12-5-4-6-13(7-12)15-17-11(3)14(21-15)16(18)19/h4-7H,1,8-9H2,2-3H3,(H,18,19). The van der Waals surface area contributed by atoms with E-state index in [2.05, 4.69) is 23.7 Å². The monoisotopic (exact) mass is 319 g/mol. The molecule has 1 N–H and O–H groups in total. The van der Waals surface area contributed by atoms with Crippen molar-refractivity contribution in [1.82, 2.24) is 4.98 Å². The smallest absolute Gasteiger partial charge is 0.347 e. The summed E-state index contributed by atoms with van der Waals surface area (Å²) in [5.41, 5.74) is 3.93. The Balaban J connectivity index is 2.19. The van der Waals surface area contributed by atoms with Crippen LogP contribution in [0.2, 0.25) is 0 Å². The fourth-order valence-electron chi connectivity index (χ4n) is 1.86. The third kappa shape index (κ3) is 4.19. The van der Waals surface area contributed by atoms with Gasteiger partial charge in [0.15, 0.2) is 0 Å². The molecule has 3 nitrogen and oxygen atoms in total. The molecule has 2 rings (SSSR count). The summed E-state index contributed by atoms with van der Waals surface area (Å²) < 4.78 is 0. The highest BCUT2D eigenvalue weighted by Gasteiger charge is 2.15. The summed E-state index contributed by atoms with van der Waals surface area (Å²) >= 11 is 3.05. The average Bonchev–Trinajstić information content (AvgIpc) is 2.81. The molecule has 0 bridgehead atoms. The van der Waals surface area contributed by atoms with Crippen molar-refractivity contribution in [2.45, 2.75) is 19.6 Å². The summed E-state index contributed by atoms with van der Waals surface area (Å²) in [4.78, 5) is 15.8. The number of nitrogens with zero attached hydrogens (tertiary/aromatic N) is 1. The van der Waals surface area contributed by atoms with E-state index < -0.39 is 5.97 Å². The second-order valence-corrected chi connectivity index (χ2v) is 6.87. The lowest BCUT2D eigenvalue weighted by Crippen LogP contribution is -1.94. The predicted octanol–water partition coefficient (Wildman–Crippen LogP) is 4.63. The number of aromatic nitrogens is 1. The Bertz CT molecular complexity index is 677. The van der Waals surface area contributed by atoms with E-state index in [4.69, 9.17) is 5.11 Å². The van der Waals surface area contributed by atoms with Gasteiger partial charge >= 0.3 is 5.97 Å². The van der Waals surface area contributed by atoms with E-state index in [0.717, 1.165) is 27.6 Å². The van der Waals surface area contributed by atoms with Crippen LogP contribution in [0.1, 0.15) is 27.9 Å². The Morgan fingerprint density at radius 3 is 2.86 bits per heavy atom. The van der Waals surface area contributed by atoms with Crippen molar-refractivity contribution in [1.29, 1.82) is 0 Å². The second kappa shape index (κ2) is 6.91. The SMILES string of the molecule is C=C(C)CSCc1cccc(-c2nc(C)c(C(=O)O)s2)c1. The molecule has 0 atom stereocenters. The molecule has 110 valence electrons. The molecule has 21 heavy (non-hydrogen) atoms. The predicted molar refractivity (Wildman–Crippen MR) is 90.2 cm³/mol. The molecule has 2 aromatic rings. The fourth-order valence-corrected chi connectivity index (χ4v) is 3.62. The van der Waals surface area contributed by atoms with Gasteiger partial charge in [-0.05, 0) is 25.5 Å². The van der Waals surface area contributed by atoms with E-state index in [1.54, 1.807) is 6.92 Å². The number of hydrogen-bond acceptors (Lipinski definition) is 4. The minimum atomic E-state index is -0.913. The number of thiazole rings is 1. The van der Waals surface area contributed by atoms with Crippen molar-refractivity contribution in [2.24, 2.45) is 0 Å². The first kappa shape index (κ1) is 15.8. The first-order valence-corrected chi connectivity index (χ1v) is 8.46. The van der Waals surface area contributed by atoms with Crippen LogP contribution in [0.5, 0.6) is 0 Å². The molecule has 0 aliphatic rings. The van der Waals surface area contributed by atoms with Crippen LogP contribution in [0, 0.1) is 6.92 Å². The van der Waals surface area contributed by atoms with Gasteiger partial charge < -0.3 is 5.11 Å². The molecule has 0 saturated heterocycles. The van der Waals surface area contributed by atoms with Crippen LogP contribution in [-0.4, -0.2) is 21.8 Å². The number of rotatable bonds is 6. The minimum Gasteiger partial charge on any atom is -0.477 e. The van der Waals surface area contributed by atoms with Crippen LogP contribution in [0.25, 0.3) is 10.6 Å². The maximum Gasteiger partial charge on any atom is 0.347 e. The van der Waals surface area contributed by atoms with Gasteiger partial charge in [-0.2, -0.15) is 11.8 Å². The third-order valence-electron chi connectivity index (χ3n) is 2.78. The number of aryl methyl sites for hydroxylation is 1. The highest BCUT2D eigenvalue weighted by molar-refractivity contribution is 7.98. The van der Waals surface area contributed by atoms with Gasteiger partial charge in [-0.1, -0.05) is 30.4 Å². The second-order valence-electron chi connectivity index (χ2n) is 4.89. The molecule has 1 aromatic carbocycles. The lowest BCUT2D eigenvalue weighted by Gasteiger charge is -2.03. The number of carboxylic acids is 1. The van der Waals surface area contributed by atoms with Gasteiger partial charge in [-0.3, -0.25) is 0 Å². The number of aromatic carboxylic acids is 1. The topological polar surface area (TPSA) is 50.2 Å². The van der Waals surface area contributed by atoms with E-state index in [0.29, 0.717) is 10.6 Å². The van der Waals surface area contributed by atoms with Crippen molar-refractivity contribution < 1.29 is 9.90 Å². The summed E-state index contributed by atoms with van der Waals surface area (Å²) in [5.74, 6) is 0.949. The van der Waals surface area contributed by atoms with Crippen LogP contribution in [0.4, 0.5) is 0 Å². The molecule has 0 unspecified atom stereocenters. The third-order valence-corrected chi connectivity index (χ3v) is 5.21. The number of carbonyl (C=O) groups is 1. The van der Waals surface area contributed by atoms with Crippen LogP contribution in [-0.2, 0) is 5.75 Å². The molecule has 5 heteroatoms. The van der Waals surface area contributed by atoms with Gasteiger partial charge in [-0.25, -0.2) is 9.78 Å². The summed E-state index contributed by atoms with van der Waals surface area (Å²) in [6.45, 7) is 7.65. The first-order chi connectivity index (χ1) is 9.97. The van der Waals surface area contributed by atoms with E-state index >= 15 is 0 Å². The number of benzene rings is 1. The largest absolute Gasteiger partial charge is 0.477 e. The lowest BCUT2D eigenvalue weighted by atomic mass is 10.1. The van der Waals surface area contributed by atoms with E-state index in [1.807, 2.05) is 30.8 Å². The fraction of sp³-hybridized carbons (Fsp3) is 0.250. The van der Waals surface area contributed by atoms with Crippen molar-refractivity contribution in [3.05, 3.63) is 52.6 Å². The molecular formula is C16H17NO2S2. The molecule has 0 amide bonds. The van der Waals surface area contributed by atoms with E-state index in [-0.39, 0.29) is 0 Å². The maximum atomic E-state index is 11.1. The van der Waals surface area contributed by atoms with Gasteiger partial charge in [0.2, 0.25) is 0 Å². The molecular weight excluding hydrogens is 302 g/mol. The zero-order valence-corrected chi connectivity index (χ0v) is 13.7. The van der Waals surface area contributed by atoms with Gasteiger partial charge in [0.05, 0.1) is 5.69 Å². The average molecular weight is 319 g/mol. The summed E-state index contributed by atoms with van der Waals surface area (Å²) in [5, 5.41) is 9.87. The Morgan fingerprint density at radius 2 is 2.24 bits per heavy atom. The summed E-state index contributed by atoms with van der Waals surface area (Å²) in [6.07, 6.45) is 0.